The van der Waals surface area contributed by atoms with E-state index in [1.54, 1.807) is 0 Å². The van der Waals surface area contributed by atoms with Crippen molar-refractivity contribution in [1.82, 2.24) is 0 Å². The molecule has 1 saturated carbocycles. The predicted octanol–water partition coefficient (Wildman–Crippen LogP) is 1.69. The van der Waals surface area contributed by atoms with E-state index in [9.17, 15) is 4.53 Å². The lowest BCUT2D eigenvalue weighted by Crippen LogP contribution is -2.15. The van der Waals surface area contributed by atoms with Crippen molar-refractivity contribution in [2.75, 3.05) is 6.61 Å². The molecule has 0 aromatic carbocycles. The number of halogens is 1. The summed E-state index contributed by atoms with van der Waals surface area (Å²) in [6, 6.07) is 0. The predicted molar refractivity (Wildman–Crippen MR) is 24.4 cm³/mol. The van der Waals surface area contributed by atoms with E-state index in [-0.39, 0.29) is 0 Å². The zero-order chi connectivity index (χ0) is 5.11. The van der Waals surface area contributed by atoms with E-state index in [0.29, 0.717) is 12.5 Å². The van der Waals surface area contributed by atoms with Gasteiger partial charge in [0.2, 0.25) is 0 Å². The number of hydrogen-bond donors (Lipinski definition) is 0. The van der Waals surface area contributed by atoms with Crippen LogP contribution in [0.4, 0.5) is 4.53 Å². The zero-order valence-electron chi connectivity index (χ0n) is 4.19. The zero-order valence-corrected chi connectivity index (χ0v) is 4.19. The maximum Gasteiger partial charge on any atom is 0.0904 e. The summed E-state index contributed by atoms with van der Waals surface area (Å²) >= 11 is 0. The highest BCUT2D eigenvalue weighted by Gasteiger charge is 2.16. The molecule has 0 aromatic rings. The summed E-state index contributed by atoms with van der Waals surface area (Å²) in [6.07, 6.45) is 3.57. The lowest BCUT2D eigenvalue weighted by atomic mass is 9.86. The van der Waals surface area contributed by atoms with Crippen LogP contribution in [-0.2, 0) is 4.94 Å². The molecule has 0 unspecified atom stereocenters. The molecule has 0 spiro atoms. The van der Waals surface area contributed by atoms with Gasteiger partial charge in [0.05, 0.1) is 6.61 Å². The van der Waals surface area contributed by atoms with Crippen LogP contribution in [-0.4, -0.2) is 6.61 Å². The van der Waals surface area contributed by atoms with Gasteiger partial charge >= 0.3 is 0 Å². The fourth-order valence-electron chi connectivity index (χ4n) is 0.749. The second-order valence-electron chi connectivity index (χ2n) is 2.07. The van der Waals surface area contributed by atoms with Crippen LogP contribution >= 0.6 is 0 Å². The number of hydrogen-bond acceptors (Lipinski definition) is 1. The van der Waals surface area contributed by atoms with Crippen LogP contribution in [0.5, 0.6) is 0 Å². The summed E-state index contributed by atoms with van der Waals surface area (Å²) in [5, 5.41) is 0. The Morgan fingerprint density at radius 2 is 2.29 bits per heavy atom. The van der Waals surface area contributed by atoms with Gasteiger partial charge in [0.15, 0.2) is 0 Å². The molecule has 0 amide bonds. The molecule has 0 saturated heterocycles. The molecule has 1 fully saturated rings. The highest BCUT2D eigenvalue weighted by molar-refractivity contribution is 4.67. The molecule has 1 aliphatic rings. The summed E-state index contributed by atoms with van der Waals surface area (Å²) in [6.45, 7) is 0.319. The fraction of sp³-hybridized carbons (Fsp3) is 1.00. The molecule has 1 rings (SSSR count). The first-order valence-electron chi connectivity index (χ1n) is 2.67. The summed E-state index contributed by atoms with van der Waals surface area (Å²) < 4.78 is 11.0. The van der Waals surface area contributed by atoms with E-state index in [1.165, 1.54) is 6.42 Å². The Balaban J connectivity index is 1.93. The molecular weight excluding hydrogens is 95.1 g/mol. The standard InChI is InChI=1S/C5H9FO/c6-7-4-5-2-1-3-5/h5H,1-4H2. The minimum absolute atomic E-state index is 0.319. The van der Waals surface area contributed by atoms with Gasteiger partial charge in [-0.15, -0.1) is 0 Å². The molecular formula is C5H9FO. The second kappa shape index (κ2) is 2.26. The minimum atomic E-state index is 0.319. The summed E-state index contributed by atoms with van der Waals surface area (Å²) in [5.41, 5.74) is 0. The van der Waals surface area contributed by atoms with Crippen LogP contribution in [0, 0.1) is 5.92 Å². The SMILES string of the molecule is FOCC1CCC1. The molecule has 0 aliphatic heterocycles. The number of rotatable bonds is 2. The van der Waals surface area contributed by atoms with E-state index in [1.807, 2.05) is 0 Å². The van der Waals surface area contributed by atoms with Gasteiger partial charge in [-0.05, 0) is 23.3 Å². The average Bonchev–Trinajstić information content (AvgIpc) is 1.55. The molecule has 42 valence electrons. The molecule has 0 aromatic heterocycles. The van der Waals surface area contributed by atoms with Gasteiger partial charge in [-0.1, -0.05) is 6.42 Å². The molecule has 0 bridgehead atoms. The summed E-state index contributed by atoms with van der Waals surface area (Å²) in [4.78, 5) is 3.45. The van der Waals surface area contributed by atoms with E-state index in [2.05, 4.69) is 4.94 Å². The van der Waals surface area contributed by atoms with Crippen molar-refractivity contribution < 1.29 is 9.47 Å². The summed E-state index contributed by atoms with van der Waals surface area (Å²) in [5.74, 6) is 0.532. The Morgan fingerprint density at radius 1 is 1.57 bits per heavy atom. The first-order valence-corrected chi connectivity index (χ1v) is 2.67. The van der Waals surface area contributed by atoms with Crippen LogP contribution in [0.15, 0.2) is 0 Å². The fourth-order valence-corrected chi connectivity index (χ4v) is 0.749. The van der Waals surface area contributed by atoms with Crippen molar-refractivity contribution in [3.63, 3.8) is 0 Å². The Hall–Kier alpha value is -0.110. The van der Waals surface area contributed by atoms with Gasteiger partial charge in [0.25, 0.3) is 0 Å². The minimum Gasteiger partial charge on any atom is -0.194 e. The molecule has 1 nitrogen and oxygen atoms in total. The van der Waals surface area contributed by atoms with Gasteiger partial charge in [-0.3, -0.25) is 0 Å². The molecule has 0 radical (unpaired) electrons. The molecule has 0 atom stereocenters. The molecule has 1 aliphatic carbocycles. The maximum atomic E-state index is 11.0. The smallest absolute Gasteiger partial charge is 0.0904 e. The van der Waals surface area contributed by atoms with Crippen molar-refractivity contribution in [2.24, 2.45) is 5.92 Å². The van der Waals surface area contributed by atoms with Crippen LogP contribution in [0.1, 0.15) is 19.3 Å². The average molecular weight is 104 g/mol. The van der Waals surface area contributed by atoms with Crippen LogP contribution < -0.4 is 0 Å². The van der Waals surface area contributed by atoms with E-state index < -0.39 is 0 Å². The Bertz CT molecular complexity index is 52.0. The molecule has 7 heavy (non-hydrogen) atoms. The largest absolute Gasteiger partial charge is 0.194 e. The van der Waals surface area contributed by atoms with Crippen molar-refractivity contribution in [1.29, 1.82) is 0 Å². The second-order valence-corrected chi connectivity index (χ2v) is 2.07. The van der Waals surface area contributed by atoms with Gasteiger partial charge < -0.3 is 0 Å². The van der Waals surface area contributed by atoms with Gasteiger partial charge in [0, 0.05) is 0 Å². The Kier molecular flexibility index (Phi) is 1.63. The van der Waals surface area contributed by atoms with Crippen molar-refractivity contribution >= 4 is 0 Å². The molecule has 2 heteroatoms. The first-order chi connectivity index (χ1) is 3.43. The normalized spacial score (nSPS) is 21.9. The lowest BCUT2D eigenvalue weighted by molar-refractivity contribution is -0.152. The van der Waals surface area contributed by atoms with Gasteiger partial charge in [-0.2, -0.15) is 4.94 Å². The highest BCUT2D eigenvalue weighted by atomic mass is 19.3. The van der Waals surface area contributed by atoms with Crippen molar-refractivity contribution in [3.05, 3.63) is 0 Å². The van der Waals surface area contributed by atoms with E-state index in [0.717, 1.165) is 12.8 Å². The molecule has 0 heterocycles. The lowest BCUT2D eigenvalue weighted by Gasteiger charge is -2.22. The third-order valence-electron chi connectivity index (χ3n) is 1.52. The van der Waals surface area contributed by atoms with Gasteiger partial charge in [-0.25, -0.2) is 0 Å². The molecule has 0 N–H and O–H groups in total. The van der Waals surface area contributed by atoms with Crippen LogP contribution in [0.3, 0.4) is 0 Å². The van der Waals surface area contributed by atoms with Crippen molar-refractivity contribution in [3.8, 4) is 0 Å². The van der Waals surface area contributed by atoms with Gasteiger partial charge in [0.1, 0.15) is 0 Å². The quantitative estimate of drug-likeness (QED) is 0.518. The third kappa shape index (κ3) is 1.13. The summed E-state index contributed by atoms with van der Waals surface area (Å²) in [7, 11) is 0. The first kappa shape index (κ1) is 5.04. The third-order valence-corrected chi connectivity index (χ3v) is 1.52. The van der Waals surface area contributed by atoms with E-state index in [4.69, 9.17) is 0 Å². The van der Waals surface area contributed by atoms with Crippen LogP contribution in [0.2, 0.25) is 0 Å². The monoisotopic (exact) mass is 104 g/mol. The van der Waals surface area contributed by atoms with Crippen molar-refractivity contribution in [2.45, 2.75) is 19.3 Å². The highest BCUT2D eigenvalue weighted by Crippen LogP contribution is 2.26. The topological polar surface area (TPSA) is 9.23 Å². The Labute approximate surface area is 42.4 Å². The Morgan fingerprint density at radius 3 is 2.43 bits per heavy atom. The maximum absolute atomic E-state index is 11.0. The van der Waals surface area contributed by atoms with E-state index >= 15 is 0 Å². The van der Waals surface area contributed by atoms with Crippen LogP contribution in [0.25, 0.3) is 0 Å².